The van der Waals surface area contributed by atoms with Crippen LogP contribution in [0.3, 0.4) is 0 Å². The lowest BCUT2D eigenvalue weighted by atomic mass is 9.73. The van der Waals surface area contributed by atoms with Crippen LogP contribution in [0.2, 0.25) is 0 Å². The van der Waals surface area contributed by atoms with Crippen LogP contribution in [0.1, 0.15) is 38.2 Å². The molecule has 1 aromatic heterocycles. The van der Waals surface area contributed by atoms with Gasteiger partial charge in [0.2, 0.25) is 11.8 Å². The van der Waals surface area contributed by atoms with Crippen molar-refractivity contribution >= 4 is 11.8 Å². The topological polar surface area (TPSA) is 53.5 Å². The van der Waals surface area contributed by atoms with Crippen LogP contribution in [-0.4, -0.2) is 46.2 Å². The normalized spacial score (nSPS) is 24.8. The van der Waals surface area contributed by atoms with Gasteiger partial charge in [-0.1, -0.05) is 12.1 Å². The summed E-state index contributed by atoms with van der Waals surface area (Å²) in [6.07, 6.45) is 10.6. The first-order chi connectivity index (χ1) is 11.6. The lowest BCUT2D eigenvalue weighted by molar-refractivity contribution is -0.142. The number of nitrogens with zero attached hydrogens (tertiary/aromatic N) is 3. The molecule has 2 aliphatic heterocycles. The van der Waals surface area contributed by atoms with E-state index in [1.807, 2.05) is 35.1 Å². The van der Waals surface area contributed by atoms with Crippen LogP contribution >= 0.6 is 0 Å². The zero-order chi connectivity index (χ0) is 17.0. The molecular formula is C19H25N3O2. The van der Waals surface area contributed by atoms with Crippen molar-refractivity contribution in [2.45, 2.75) is 39.2 Å². The number of piperidine rings is 2. The Morgan fingerprint density at radius 3 is 3.00 bits per heavy atom. The summed E-state index contributed by atoms with van der Waals surface area (Å²) in [5.74, 6) is 0.300. The summed E-state index contributed by atoms with van der Waals surface area (Å²) in [5.41, 5.74) is 1.10. The molecule has 128 valence electrons. The first kappa shape index (κ1) is 16.7. The molecule has 0 aromatic carbocycles. The second-order valence-corrected chi connectivity index (χ2v) is 6.97. The van der Waals surface area contributed by atoms with E-state index in [2.05, 4.69) is 4.98 Å². The molecule has 0 saturated carbocycles. The van der Waals surface area contributed by atoms with Crippen LogP contribution in [0, 0.1) is 5.41 Å². The van der Waals surface area contributed by atoms with Gasteiger partial charge in [-0.3, -0.25) is 14.6 Å². The highest BCUT2D eigenvalue weighted by Crippen LogP contribution is 2.39. The number of likely N-dealkylation sites (tertiary alicyclic amines) is 2. The average Bonchev–Trinajstić information content (AvgIpc) is 2.60. The van der Waals surface area contributed by atoms with Gasteiger partial charge in [-0.15, -0.1) is 0 Å². The maximum Gasteiger partial charge on any atom is 0.246 e. The van der Waals surface area contributed by atoms with Crippen LogP contribution in [-0.2, 0) is 16.1 Å². The third-order valence-corrected chi connectivity index (χ3v) is 5.13. The first-order valence-electron chi connectivity index (χ1n) is 8.70. The molecule has 0 N–H and O–H groups in total. The van der Waals surface area contributed by atoms with Crippen molar-refractivity contribution in [3.63, 3.8) is 0 Å². The lowest BCUT2D eigenvalue weighted by Gasteiger charge is -2.48. The lowest BCUT2D eigenvalue weighted by Crippen LogP contribution is -2.54. The van der Waals surface area contributed by atoms with E-state index in [1.165, 1.54) is 0 Å². The summed E-state index contributed by atoms with van der Waals surface area (Å²) in [7, 11) is 0. The molecule has 3 rings (SSSR count). The summed E-state index contributed by atoms with van der Waals surface area (Å²) in [4.78, 5) is 32.6. The molecule has 0 aliphatic carbocycles. The Hall–Kier alpha value is -2.17. The Morgan fingerprint density at radius 2 is 2.25 bits per heavy atom. The molecule has 0 radical (unpaired) electrons. The molecule has 0 bridgehead atoms. The summed E-state index contributed by atoms with van der Waals surface area (Å²) < 4.78 is 0. The van der Waals surface area contributed by atoms with Gasteiger partial charge in [0.1, 0.15) is 0 Å². The maximum absolute atomic E-state index is 12.4. The zero-order valence-corrected chi connectivity index (χ0v) is 14.3. The largest absolute Gasteiger partial charge is 0.339 e. The number of carbonyl (C=O) groups is 2. The fourth-order valence-electron chi connectivity index (χ4n) is 3.94. The number of carbonyl (C=O) groups excluding carboxylic acids is 2. The standard InChI is InChI=1S/C19H25N3O2/c1-2-5-17(23)21-11-4-8-19(14-21)9-7-18(24)22(15-19)13-16-6-3-10-20-12-16/h2-3,5-6,10,12H,4,7-9,11,13-15H2,1H3/b5-2+/t19-/m1/s1. The Balaban J connectivity index is 1.71. The maximum atomic E-state index is 12.4. The Bertz CT molecular complexity index is 629. The Kier molecular flexibility index (Phi) is 4.97. The van der Waals surface area contributed by atoms with Gasteiger partial charge in [-0.25, -0.2) is 0 Å². The number of rotatable bonds is 3. The average molecular weight is 327 g/mol. The highest BCUT2D eigenvalue weighted by atomic mass is 16.2. The van der Waals surface area contributed by atoms with Gasteiger partial charge < -0.3 is 9.80 Å². The molecule has 2 amide bonds. The second-order valence-electron chi connectivity index (χ2n) is 6.97. The van der Waals surface area contributed by atoms with Crippen LogP contribution in [0.4, 0.5) is 0 Å². The van der Waals surface area contributed by atoms with Crippen molar-refractivity contribution in [3.8, 4) is 0 Å². The minimum absolute atomic E-state index is 0.0472. The summed E-state index contributed by atoms with van der Waals surface area (Å²) in [6, 6.07) is 3.90. The molecule has 0 unspecified atom stereocenters. The number of aromatic nitrogens is 1. The molecule has 2 aliphatic rings. The molecule has 1 atom stereocenters. The third-order valence-electron chi connectivity index (χ3n) is 5.13. The minimum atomic E-state index is 0.0472. The van der Waals surface area contributed by atoms with E-state index in [0.29, 0.717) is 13.0 Å². The molecule has 3 heterocycles. The van der Waals surface area contributed by atoms with E-state index in [1.54, 1.807) is 18.3 Å². The number of allylic oxidation sites excluding steroid dienone is 1. The Labute approximate surface area is 143 Å². The highest BCUT2D eigenvalue weighted by molar-refractivity contribution is 5.87. The zero-order valence-electron chi connectivity index (χ0n) is 14.3. The van der Waals surface area contributed by atoms with Gasteiger partial charge in [-0.05, 0) is 43.9 Å². The van der Waals surface area contributed by atoms with Crippen LogP contribution in [0.25, 0.3) is 0 Å². The second kappa shape index (κ2) is 7.16. The SMILES string of the molecule is C/C=C/C(=O)N1CCC[C@@]2(CCC(=O)N(Cc3cccnc3)C2)C1. The minimum Gasteiger partial charge on any atom is -0.339 e. The monoisotopic (exact) mass is 327 g/mol. The van der Waals surface area contributed by atoms with Crippen molar-refractivity contribution in [2.75, 3.05) is 19.6 Å². The summed E-state index contributed by atoms with van der Waals surface area (Å²) in [5, 5.41) is 0. The summed E-state index contributed by atoms with van der Waals surface area (Å²) >= 11 is 0. The van der Waals surface area contributed by atoms with Gasteiger partial charge in [0.15, 0.2) is 0 Å². The molecule has 2 fully saturated rings. The van der Waals surface area contributed by atoms with E-state index in [9.17, 15) is 9.59 Å². The van der Waals surface area contributed by atoms with Crippen LogP contribution < -0.4 is 0 Å². The fourth-order valence-corrected chi connectivity index (χ4v) is 3.94. The number of pyridine rings is 1. The summed E-state index contributed by atoms with van der Waals surface area (Å²) in [6.45, 7) is 4.79. The molecule has 24 heavy (non-hydrogen) atoms. The van der Waals surface area contributed by atoms with Gasteiger partial charge in [0, 0.05) is 50.4 Å². The van der Waals surface area contributed by atoms with Gasteiger partial charge in [0.25, 0.3) is 0 Å². The number of hydrogen-bond acceptors (Lipinski definition) is 3. The van der Waals surface area contributed by atoms with Gasteiger partial charge in [-0.2, -0.15) is 0 Å². The van der Waals surface area contributed by atoms with E-state index in [0.717, 1.165) is 44.5 Å². The quantitative estimate of drug-likeness (QED) is 0.801. The molecule has 1 aromatic rings. The van der Waals surface area contributed by atoms with Crippen molar-refractivity contribution in [3.05, 3.63) is 42.2 Å². The van der Waals surface area contributed by atoms with E-state index >= 15 is 0 Å². The van der Waals surface area contributed by atoms with Gasteiger partial charge in [0.05, 0.1) is 0 Å². The van der Waals surface area contributed by atoms with Crippen molar-refractivity contribution in [1.82, 2.24) is 14.8 Å². The third kappa shape index (κ3) is 3.66. The number of hydrogen-bond donors (Lipinski definition) is 0. The van der Waals surface area contributed by atoms with Gasteiger partial charge >= 0.3 is 0 Å². The molecule has 5 nitrogen and oxygen atoms in total. The predicted molar refractivity (Wildman–Crippen MR) is 91.9 cm³/mol. The van der Waals surface area contributed by atoms with Crippen molar-refractivity contribution in [1.29, 1.82) is 0 Å². The van der Waals surface area contributed by atoms with Crippen molar-refractivity contribution < 1.29 is 9.59 Å². The van der Waals surface area contributed by atoms with Crippen LogP contribution in [0.5, 0.6) is 0 Å². The molecule has 1 spiro atoms. The first-order valence-corrected chi connectivity index (χ1v) is 8.70. The smallest absolute Gasteiger partial charge is 0.246 e. The Morgan fingerprint density at radius 1 is 1.38 bits per heavy atom. The number of amides is 2. The van der Waals surface area contributed by atoms with E-state index < -0.39 is 0 Å². The predicted octanol–water partition coefficient (Wildman–Crippen LogP) is 2.39. The fraction of sp³-hybridized carbons (Fsp3) is 0.526. The molecule has 2 saturated heterocycles. The van der Waals surface area contributed by atoms with Crippen LogP contribution in [0.15, 0.2) is 36.7 Å². The van der Waals surface area contributed by atoms with E-state index in [-0.39, 0.29) is 17.2 Å². The molecule has 5 heteroatoms. The van der Waals surface area contributed by atoms with Crippen molar-refractivity contribution in [2.24, 2.45) is 5.41 Å². The molecular weight excluding hydrogens is 302 g/mol. The van der Waals surface area contributed by atoms with E-state index in [4.69, 9.17) is 0 Å². The highest BCUT2D eigenvalue weighted by Gasteiger charge is 2.42.